The first-order valence-electron chi connectivity index (χ1n) is 8.44. The second-order valence-corrected chi connectivity index (χ2v) is 6.21. The first-order valence-corrected chi connectivity index (χ1v) is 8.44. The zero-order valence-electron chi connectivity index (χ0n) is 15.3. The van der Waals surface area contributed by atoms with Crippen LogP contribution in [0.3, 0.4) is 0 Å². The van der Waals surface area contributed by atoms with E-state index in [4.69, 9.17) is 0 Å². The van der Waals surface area contributed by atoms with Crippen LogP contribution in [0.4, 0.5) is 15.8 Å². The predicted molar refractivity (Wildman–Crippen MR) is 102 cm³/mol. The number of anilines is 2. The van der Waals surface area contributed by atoms with E-state index < -0.39 is 0 Å². The van der Waals surface area contributed by atoms with E-state index in [1.165, 1.54) is 17.9 Å². The Morgan fingerprint density at radius 2 is 1.62 bits per heavy atom. The maximum absolute atomic E-state index is 13.6. The van der Waals surface area contributed by atoms with E-state index in [9.17, 15) is 14.0 Å². The Kier molecular flexibility index (Phi) is 6.72. The number of hydrogen-bond donors (Lipinski definition) is 1. The monoisotopic (exact) mass is 357 g/mol. The Labute approximate surface area is 153 Å². The summed E-state index contributed by atoms with van der Waals surface area (Å²) in [5.41, 5.74) is 2.22. The van der Waals surface area contributed by atoms with Crippen molar-refractivity contribution in [1.29, 1.82) is 0 Å². The van der Waals surface area contributed by atoms with Gasteiger partial charge in [0.15, 0.2) is 0 Å². The van der Waals surface area contributed by atoms with Crippen LogP contribution in [0.1, 0.15) is 12.5 Å². The van der Waals surface area contributed by atoms with Gasteiger partial charge < -0.3 is 15.1 Å². The zero-order chi connectivity index (χ0) is 19.1. The minimum Gasteiger partial charge on any atom is -0.378 e. The third kappa shape index (κ3) is 5.31. The summed E-state index contributed by atoms with van der Waals surface area (Å²) >= 11 is 0. The molecule has 1 N–H and O–H groups in total. The van der Waals surface area contributed by atoms with Gasteiger partial charge in [0.1, 0.15) is 12.4 Å². The number of rotatable bonds is 7. The van der Waals surface area contributed by atoms with E-state index in [-0.39, 0.29) is 24.2 Å². The molecule has 26 heavy (non-hydrogen) atoms. The largest absolute Gasteiger partial charge is 0.378 e. The Hall–Kier alpha value is -2.89. The Balaban J connectivity index is 1.93. The molecule has 0 atom stereocenters. The molecule has 2 amide bonds. The molecule has 0 radical (unpaired) electrons. The van der Waals surface area contributed by atoms with E-state index >= 15 is 0 Å². The topological polar surface area (TPSA) is 52.7 Å². The molecule has 0 saturated carbocycles. The molecule has 0 unspecified atom stereocenters. The number of nitrogens with zero attached hydrogens (tertiary/aromatic N) is 2. The number of hydrogen-bond acceptors (Lipinski definition) is 3. The number of carbonyl (C=O) groups excluding carboxylic acids is 2. The number of carbonyl (C=O) groups is 2. The van der Waals surface area contributed by atoms with Gasteiger partial charge in [0.05, 0.1) is 0 Å². The molecule has 0 aromatic heterocycles. The van der Waals surface area contributed by atoms with Gasteiger partial charge >= 0.3 is 0 Å². The molecular weight excluding hydrogens is 333 g/mol. The van der Waals surface area contributed by atoms with Crippen LogP contribution in [0.2, 0.25) is 0 Å². The minimum atomic E-state index is -0.284. The molecule has 6 heteroatoms. The summed E-state index contributed by atoms with van der Waals surface area (Å²) in [5, 5.41) is 2.74. The molecule has 2 aromatic rings. The number of nitrogens with one attached hydrogen (secondary N) is 1. The summed E-state index contributed by atoms with van der Waals surface area (Å²) in [4.78, 5) is 27.5. The van der Waals surface area contributed by atoms with Gasteiger partial charge in [0.25, 0.3) is 0 Å². The molecule has 0 fully saturated rings. The quantitative estimate of drug-likeness (QED) is 0.829. The molecule has 0 bridgehead atoms. The standard InChI is InChI=1S/C20H24FN3O2/c1-15(25)24(18-10-8-17(9-11-18)23(2)3)14-20(26)22-13-12-16-6-4-5-7-19(16)21/h4-11H,12-14H2,1-3H3,(H,22,26). The Morgan fingerprint density at radius 1 is 1.00 bits per heavy atom. The van der Waals surface area contributed by atoms with Crippen molar-refractivity contribution in [3.05, 3.63) is 59.9 Å². The summed E-state index contributed by atoms with van der Waals surface area (Å²) in [7, 11) is 3.86. The highest BCUT2D eigenvalue weighted by Crippen LogP contribution is 2.19. The molecule has 0 aliphatic heterocycles. The van der Waals surface area contributed by atoms with Gasteiger partial charge in [0, 0.05) is 38.9 Å². The average Bonchev–Trinajstić information content (AvgIpc) is 2.61. The van der Waals surface area contributed by atoms with Crippen LogP contribution in [0, 0.1) is 5.82 Å². The third-order valence-corrected chi connectivity index (χ3v) is 4.03. The van der Waals surface area contributed by atoms with Crippen molar-refractivity contribution in [3.8, 4) is 0 Å². The summed E-state index contributed by atoms with van der Waals surface area (Å²) in [6.45, 7) is 1.66. The summed E-state index contributed by atoms with van der Waals surface area (Å²) in [6, 6.07) is 13.9. The highest BCUT2D eigenvalue weighted by atomic mass is 19.1. The van der Waals surface area contributed by atoms with Crippen molar-refractivity contribution in [1.82, 2.24) is 5.32 Å². The Bertz CT molecular complexity index is 760. The minimum absolute atomic E-state index is 0.0755. The average molecular weight is 357 g/mol. The van der Waals surface area contributed by atoms with E-state index in [2.05, 4.69) is 5.32 Å². The van der Waals surface area contributed by atoms with Crippen LogP contribution < -0.4 is 15.1 Å². The van der Waals surface area contributed by atoms with E-state index in [1.54, 1.807) is 18.2 Å². The van der Waals surface area contributed by atoms with Crippen LogP contribution in [-0.4, -0.2) is 39.0 Å². The molecule has 2 aromatic carbocycles. The molecule has 0 heterocycles. The van der Waals surface area contributed by atoms with Crippen molar-refractivity contribution < 1.29 is 14.0 Å². The van der Waals surface area contributed by atoms with Crippen LogP contribution in [-0.2, 0) is 16.0 Å². The van der Waals surface area contributed by atoms with Gasteiger partial charge in [0.2, 0.25) is 11.8 Å². The van der Waals surface area contributed by atoms with E-state index in [0.717, 1.165) is 5.69 Å². The highest BCUT2D eigenvalue weighted by molar-refractivity contribution is 5.97. The second kappa shape index (κ2) is 8.99. The Morgan fingerprint density at radius 3 is 2.19 bits per heavy atom. The SMILES string of the molecule is CC(=O)N(CC(=O)NCCc1ccccc1F)c1ccc(N(C)C)cc1. The van der Waals surface area contributed by atoms with Crippen LogP contribution >= 0.6 is 0 Å². The highest BCUT2D eigenvalue weighted by Gasteiger charge is 2.16. The number of benzene rings is 2. The number of halogens is 1. The molecule has 0 saturated heterocycles. The lowest BCUT2D eigenvalue weighted by atomic mass is 10.1. The van der Waals surface area contributed by atoms with Gasteiger partial charge in [-0.05, 0) is 42.3 Å². The normalized spacial score (nSPS) is 10.3. The maximum atomic E-state index is 13.6. The lowest BCUT2D eigenvalue weighted by Gasteiger charge is -2.22. The van der Waals surface area contributed by atoms with Crippen molar-refractivity contribution in [2.24, 2.45) is 0 Å². The first-order chi connectivity index (χ1) is 12.4. The lowest BCUT2D eigenvalue weighted by molar-refractivity contribution is -0.123. The van der Waals surface area contributed by atoms with Crippen LogP contribution in [0.25, 0.3) is 0 Å². The van der Waals surface area contributed by atoms with E-state index in [1.807, 2.05) is 43.3 Å². The number of amides is 2. The molecule has 5 nitrogen and oxygen atoms in total. The van der Waals surface area contributed by atoms with Gasteiger partial charge in [-0.3, -0.25) is 9.59 Å². The van der Waals surface area contributed by atoms with Gasteiger partial charge in [-0.1, -0.05) is 18.2 Å². The molecule has 138 valence electrons. The summed E-state index contributed by atoms with van der Waals surface area (Å²) < 4.78 is 13.6. The fourth-order valence-corrected chi connectivity index (χ4v) is 2.55. The predicted octanol–water partition coefficient (Wildman–Crippen LogP) is 2.60. The zero-order valence-corrected chi connectivity index (χ0v) is 15.3. The molecule has 2 rings (SSSR count). The smallest absolute Gasteiger partial charge is 0.240 e. The fraction of sp³-hybridized carbons (Fsp3) is 0.300. The van der Waals surface area contributed by atoms with Crippen molar-refractivity contribution in [3.63, 3.8) is 0 Å². The van der Waals surface area contributed by atoms with Crippen LogP contribution in [0.15, 0.2) is 48.5 Å². The first kappa shape index (κ1) is 19.4. The van der Waals surface area contributed by atoms with E-state index in [0.29, 0.717) is 24.2 Å². The lowest BCUT2D eigenvalue weighted by Crippen LogP contribution is -2.40. The third-order valence-electron chi connectivity index (χ3n) is 4.03. The molecule has 0 spiro atoms. The fourth-order valence-electron chi connectivity index (χ4n) is 2.55. The molecule has 0 aliphatic carbocycles. The van der Waals surface area contributed by atoms with Crippen molar-refractivity contribution in [2.75, 3.05) is 37.0 Å². The van der Waals surface area contributed by atoms with Gasteiger partial charge in [-0.15, -0.1) is 0 Å². The summed E-state index contributed by atoms with van der Waals surface area (Å²) in [6.07, 6.45) is 0.399. The molecular formula is C20H24FN3O2. The van der Waals surface area contributed by atoms with Gasteiger partial charge in [-0.2, -0.15) is 0 Å². The van der Waals surface area contributed by atoms with Crippen molar-refractivity contribution in [2.45, 2.75) is 13.3 Å². The second-order valence-electron chi connectivity index (χ2n) is 6.21. The maximum Gasteiger partial charge on any atom is 0.240 e. The van der Waals surface area contributed by atoms with Crippen molar-refractivity contribution >= 4 is 23.2 Å². The van der Waals surface area contributed by atoms with Crippen LogP contribution in [0.5, 0.6) is 0 Å². The molecule has 0 aliphatic rings. The summed E-state index contributed by atoms with van der Waals surface area (Å²) in [5.74, 6) is -0.784. The van der Waals surface area contributed by atoms with Gasteiger partial charge in [-0.25, -0.2) is 4.39 Å².